The molecule has 1 saturated heterocycles. The SMILES string of the molecule is CN(C)C1CCN(S(=O)(=O)Cc2cccc(C(=O)O)c2)C1. The smallest absolute Gasteiger partial charge is 0.335 e. The highest BCUT2D eigenvalue weighted by atomic mass is 32.2. The molecule has 0 bridgehead atoms. The Balaban J connectivity index is 2.11. The lowest BCUT2D eigenvalue weighted by molar-refractivity contribution is 0.0696. The van der Waals surface area contributed by atoms with Crippen LogP contribution in [0.25, 0.3) is 0 Å². The molecular weight excluding hydrogens is 292 g/mol. The molecule has 1 aromatic rings. The van der Waals surface area contributed by atoms with Crippen LogP contribution in [0.3, 0.4) is 0 Å². The van der Waals surface area contributed by atoms with Crippen molar-refractivity contribution in [1.82, 2.24) is 9.21 Å². The van der Waals surface area contributed by atoms with Gasteiger partial charge in [-0.15, -0.1) is 0 Å². The lowest BCUT2D eigenvalue weighted by atomic mass is 10.1. The molecule has 1 aliphatic heterocycles. The Bertz CT molecular complexity index is 628. The van der Waals surface area contributed by atoms with Crippen LogP contribution in [0.2, 0.25) is 0 Å². The molecule has 1 fully saturated rings. The van der Waals surface area contributed by atoms with E-state index < -0.39 is 16.0 Å². The van der Waals surface area contributed by atoms with Crippen molar-refractivity contribution in [2.45, 2.75) is 18.2 Å². The third kappa shape index (κ3) is 3.81. The number of likely N-dealkylation sites (N-methyl/N-ethyl adjacent to an activating group) is 1. The third-order valence-corrected chi connectivity index (χ3v) is 5.59. The Morgan fingerprint density at radius 3 is 2.71 bits per heavy atom. The summed E-state index contributed by atoms with van der Waals surface area (Å²) in [7, 11) is 0.475. The molecule has 0 aliphatic carbocycles. The Labute approximate surface area is 125 Å². The van der Waals surface area contributed by atoms with Crippen LogP contribution in [-0.4, -0.2) is 61.9 Å². The summed E-state index contributed by atoms with van der Waals surface area (Å²) in [5.74, 6) is -1.21. The maximum atomic E-state index is 12.4. The fourth-order valence-electron chi connectivity index (χ4n) is 2.48. The number of hydrogen-bond acceptors (Lipinski definition) is 4. The van der Waals surface area contributed by atoms with E-state index in [1.165, 1.54) is 16.4 Å². The molecule has 1 N–H and O–H groups in total. The van der Waals surface area contributed by atoms with Crippen molar-refractivity contribution in [2.75, 3.05) is 27.2 Å². The molecule has 116 valence electrons. The van der Waals surface area contributed by atoms with Crippen LogP contribution in [-0.2, 0) is 15.8 Å². The monoisotopic (exact) mass is 312 g/mol. The van der Waals surface area contributed by atoms with Crippen molar-refractivity contribution in [3.05, 3.63) is 35.4 Å². The summed E-state index contributed by atoms with van der Waals surface area (Å²) in [4.78, 5) is 13.0. The van der Waals surface area contributed by atoms with Gasteiger partial charge in [-0.3, -0.25) is 0 Å². The number of carboxylic acid groups (broad SMARTS) is 1. The first-order valence-electron chi connectivity index (χ1n) is 6.76. The van der Waals surface area contributed by atoms with Gasteiger partial charge in [-0.05, 0) is 38.2 Å². The Morgan fingerprint density at radius 2 is 2.14 bits per heavy atom. The second kappa shape index (κ2) is 6.13. The van der Waals surface area contributed by atoms with E-state index in [9.17, 15) is 13.2 Å². The zero-order valence-electron chi connectivity index (χ0n) is 12.2. The molecule has 1 heterocycles. The number of sulfonamides is 1. The molecule has 2 rings (SSSR count). The van der Waals surface area contributed by atoms with E-state index >= 15 is 0 Å². The zero-order valence-corrected chi connectivity index (χ0v) is 13.0. The number of nitrogens with zero attached hydrogens (tertiary/aromatic N) is 2. The average Bonchev–Trinajstić information content (AvgIpc) is 2.89. The zero-order chi connectivity index (χ0) is 15.6. The molecule has 0 amide bonds. The molecule has 0 saturated carbocycles. The van der Waals surface area contributed by atoms with Crippen molar-refractivity contribution >= 4 is 16.0 Å². The van der Waals surface area contributed by atoms with Crippen LogP contribution < -0.4 is 0 Å². The predicted molar refractivity (Wildman–Crippen MR) is 79.7 cm³/mol. The van der Waals surface area contributed by atoms with E-state index in [2.05, 4.69) is 0 Å². The van der Waals surface area contributed by atoms with Crippen molar-refractivity contribution < 1.29 is 18.3 Å². The van der Waals surface area contributed by atoms with Gasteiger partial charge in [0, 0.05) is 19.1 Å². The van der Waals surface area contributed by atoms with Crippen molar-refractivity contribution in [3.8, 4) is 0 Å². The Hall–Kier alpha value is -1.44. The first-order valence-corrected chi connectivity index (χ1v) is 8.37. The summed E-state index contributed by atoms with van der Waals surface area (Å²) in [6.45, 7) is 1.01. The van der Waals surface area contributed by atoms with E-state index in [4.69, 9.17) is 5.11 Å². The van der Waals surface area contributed by atoms with Gasteiger partial charge in [0.25, 0.3) is 0 Å². The van der Waals surface area contributed by atoms with Gasteiger partial charge in [0.05, 0.1) is 11.3 Å². The van der Waals surface area contributed by atoms with E-state index in [0.717, 1.165) is 6.42 Å². The number of rotatable bonds is 5. The fraction of sp³-hybridized carbons (Fsp3) is 0.500. The Morgan fingerprint density at radius 1 is 1.43 bits per heavy atom. The van der Waals surface area contributed by atoms with Crippen LogP contribution in [0.4, 0.5) is 0 Å². The van der Waals surface area contributed by atoms with Gasteiger partial charge in [-0.1, -0.05) is 12.1 Å². The van der Waals surface area contributed by atoms with Crippen LogP contribution >= 0.6 is 0 Å². The summed E-state index contributed by atoms with van der Waals surface area (Å²) >= 11 is 0. The maximum absolute atomic E-state index is 12.4. The molecule has 0 radical (unpaired) electrons. The van der Waals surface area contributed by atoms with Crippen LogP contribution in [0.1, 0.15) is 22.3 Å². The predicted octanol–water partition coefficient (Wildman–Crippen LogP) is 0.850. The van der Waals surface area contributed by atoms with Crippen LogP contribution in [0.5, 0.6) is 0 Å². The number of aromatic carboxylic acids is 1. The topological polar surface area (TPSA) is 77.9 Å². The van der Waals surface area contributed by atoms with Gasteiger partial charge in [-0.2, -0.15) is 0 Å². The second-order valence-corrected chi connectivity index (χ2v) is 7.49. The minimum atomic E-state index is -3.41. The van der Waals surface area contributed by atoms with Gasteiger partial charge < -0.3 is 10.0 Å². The molecule has 21 heavy (non-hydrogen) atoms. The van der Waals surface area contributed by atoms with Gasteiger partial charge in [-0.25, -0.2) is 17.5 Å². The first kappa shape index (κ1) is 15.9. The summed E-state index contributed by atoms with van der Waals surface area (Å²) < 4.78 is 26.3. The molecule has 6 nitrogen and oxygen atoms in total. The quantitative estimate of drug-likeness (QED) is 0.872. The number of hydrogen-bond donors (Lipinski definition) is 1. The third-order valence-electron chi connectivity index (χ3n) is 3.77. The summed E-state index contributed by atoms with van der Waals surface area (Å²) in [6.07, 6.45) is 0.821. The molecule has 1 unspecified atom stereocenters. The summed E-state index contributed by atoms with van der Waals surface area (Å²) in [6, 6.07) is 6.32. The normalized spacial score (nSPS) is 20.0. The molecule has 0 spiro atoms. The van der Waals surface area contributed by atoms with Crippen LogP contribution in [0.15, 0.2) is 24.3 Å². The largest absolute Gasteiger partial charge is 0.478 e. The maximum Gasteiger partial charge on any atom is 0.335 e. The van der Waals surface area contributed by atoms with Gasteiger partial charge >= 0.3 is 5.97 Å². The highest BCUT2D eigenvalue weighted by Crippen LogP contribution is 2.20. The molecular formula is C14H20N2O4S. The van der Waals surface area contributed by atoms with Crippen molar-refractivity contribution in [2.24, 2.45) is 0 Å². The minimum absolute atomic E-state index is 0.107. The lowest BCUT2D eigenvalue weighted by Crippen LogP contribution is -2.35. The van der Waals surface area contributed by atoms with E-state index in [1.54, 1.807) is 12.1 Å². The number of benzene rings is 1. The molecule has 1 atom stereocenters. The van der Waals surface area contributed by atoms with Crippen molar-refractivity contribution in [3.63, 3.8) is 0 Å². The summed E-state index contributed by atoms with van der Waals surface area (Å²) in [5.41, 5.74) is 0.610. The van der Waals surface area contributed by atoms with E-state index in [-0.39, 0.29) is 17.4 Å². The van der Waals surface area contributed by atoms with Gasteiger partial charge in [0.15, 0.2) is 0 Å². The van der Waals surface area contributed by atoms with E-state index in [1.807, 2.05) is 19.0 Å². The van der Waals surface area contributed by atoms with Gasteiger partial charge in [0.2, 0.25) is 10.0 Å². The molecule has 0 aromatic heterocycles. The number of carbonyl (C=O) groups is 1. The highest BCUT2D eigenvalue weighted by molar-refractivity contribution is 7.88. The van der Waals surface area contributed by atoms with Crippen molar-refractivity contribution in [1.29, 1.82) is 0 Å². The minimum Gasteiger partial charge on any atom is -0.478 e. The standard InChI is InChI=1S/C14H20N2O4S/c1-15(2)13-6-7-16(9-13)21(19,20)10-11-4-3-5-12(8-11)14(17)18/h3-5,8,13H,6-7,9-10H2,1-2H3,(H,17,18). The molecule has 1 aromatic carbocycles. The second-order valence-electron chi connectivity index (χ2n) is 5.53. The average molecular weight is 312 g/mol. The number of carboxylic acids is 1. The molecule has 1 aliphatic rings. The molecule has 7 heteroatoms. The first-order chi connectivity index (χ1) is 9.79. The lowest BCUT2D eigenvalue weighted by Gasteiger charge is -2.20. The van der Waals surface area contributed by atoms with E-state index in [0.29, 0.717) is 18.7 Å². The fourth-order valence-corrected chi connectivity index (χ4v) is 4.05. The Kier molecular flexibility index (Phi) is 4.65. The van der Waals surface area contributed by atoms with Crippen LogP contribution in [0, 0.1) is 0 Å². The summed E-state index contributed by atoms with van der Waals surface area (Å²) in [5, 5.41) is 8.95. The van der Waals surface area contributed by atoms with Gasteiger partial charge in [0.1, 0.15) is 0 Å². The highest BCUT2D eigenvalue weighted by Gasteiger charge is 2.32.